The third-order valence-electron chi connectivity index (χ3n) is 3.56. The highest BCUT2D eigenvalue weighted by molar-refractivity contribution is 8.00. The van der Waals surface area contributed by atoms with Crippen LogP contribution >= 0.6 is 23.1 Å². The molecule has 5 nitrogen and oxygen atoms in total. The topological polar surface area (TPSA) is 59.8 Å². The van der Waals surface area contributed by atoms with Crippen LogP contribution in [0.15, 0.2) is 53.3 Å². The maximum absolute atomic E-state index is 12.3. The molecule has 1 N–H and O–H groups in total. The van der Waals surface area contributed by atoms with E-state index in [2.05, 4.69) is 15.5 Å². The van der Waals surface area contributed by atoms with Gasteiger partial charge in [0.1, 0.15) is 6.33 Å². The Morgan fingerprint density at radius 3 is 2.92 bits per heavy atom. The molecule has 0 aliphatic heterocycles. The van der Waals surface area contributed by atoms with Gasteiger partial charge in [0.25, 0.3) is 0 Å². The third kappa shape index (κ3) is 3.85. The maximum Gasteiger partial charge on any atom is 0.233 e. The normalized spacial score (nSPS) is 12.1. The number of rotatable bonds is 6. The van der Waals surface area contributed by atoms with E-state index in [9.17, 15) is 4.79 Å². The zero-order valence-electron chi connectivity index (χ0n) is 13.5. The molecule has 0 aliphatic carbocycles. The molecule has 1 amide bonds. The summed E-state index contributed by atoms with van der Waals surface area (Å²) in [6, 6.07) is 12.0. The monoisotopic (exact) mass is 358 g/mol. The molecule has 0 saturated carbocycles. The number of thioether (sulfide) groups is 1. The Hall–Kier alpha value is -2.12. The van der Waals surface area contributed by atoms with Gasteiger partial charge in [-0.1, -0.05) is 36.0 Å². The molecule has 0 radical (unpaired) electrons. The van der Waals surface area contributed by atoms with Crippen molar-refractivity contribution in [3.63, 3.8) is 0 Å². The first kappa shape index (κ1) is 16.7. The van der Waals surface area contributed by atoms with Crippen LogP contribution in [0.25, 0.3) is 5.69 Å². The van der Waals surface area contributed by atoms with Crippen LogP contribution in [0.5, 0.6) is 0 Å². The summed E-state index contributed by atoms with van der Waals surface area (Å²) < 4.78 is 1.92. The molecule has 2 aromatic heterocycles. The lowest BCUT2D eigenvalue weighted by Gasteiger charge is -2.13. The summed E-state index contributed by atoms with van der Waals surface area (Å²) in [6.07, 6.45) is 1.68. The van der Waals surface area contributed by atoms with Crippen molar-refractivity contribution in [1.29, 1.82) is 0 Å². The molecule has 2 heterocycles. The number of hydrogen-bond acceptors (Lipinski definition) is 5. The molecule has 124 valence electrons. The number of hydrogen-bond donors (Lipinski definition) is 1. The SMILES string of the molecule is Cc1ccccc1-n1cnnc1SC(C)C(=O)NCc1cccs1. The first-order valence-electron chi connectivity index (χ1n) is 7.58. The number of aryl methyl sites for hydroxylation is 1. The lowest BCUT2D eigenvalue weighted by atomic mass is 10.2. The van der Waals surface area contributed by atoms with Crippen molar-refractivity contribution < 1.29 is 4.79 Å². The maximum atomic E-state index is 12.3. The number of carbonyl (C=O) groups excluding carboxylic acids is 1. The average molecular weight is 358 g/mol. The van der Waals surface area contributed by atoms with E-state index in [0.29, 0.717) is 11.7 Å². The Morgan fingerprint density at radius 1 is 1.33 bits per heavy atom. The van der Waals surface area contributed by atoms with Crippen LogP contribution in [0.1, 0.15) is 17.4 Å². The Kier molecular flexibility index (Phi) is 5.32. The van der Waals surface area contributed by atoms with E-state index in [1.54, 1.807) is 17.7 Å². The minimum absolute atomic E-state index is 0.00673. The van der Waals surface area contributed by atoms with E-state index in [1.165, 1.54) is 11.8 Å². The van der Waals surface area contributed by atoms with E-state index in [4.69, 9.17) is 0 Å². The van der Waals surface area contributed by atoms with Crippen molar-refractivity contribution in [1.82, 2.24) is 20.1 Å². The predicted octanol–water partition coefficient (Wildman–Crippen LogP) is 3.43. The first-order chi connectivity index (χ1) is 11.6. The van der Waals surface area contributed by atoms with E-state index in [1.807, 2.05) is 60.2 Å². The number of nitrogens with one attached hydrogen (secondary N) is 1. The average Bonchev–Trinajstić information content (AvgIpc) is 3.25. The zero-order valence-corrected chi connectivity index (χ0v) is 15.1. The van der Waals surface area contributed by atoms with Crippen LogP contribution in [0, 0.1) is 6.92 Å². The summed E-state index contributed by atoms with van der Waals surface area (Å²) in [5, 5.41) is 13.6. The van der Waals surface area contributed by atoms with Gasteiger partial charge in [-0.25, -0.2) is 0 Å². The molecule has 1 aromatic carbocycles. The minimum Gasteiger partial charge on any atom is -0.350 e. The molecule has 24 heavy (non-hydrogen) atoms. The second kappa shape index (κ2) is 7.63. The Morgan fingerprint density at radius 2 is 2.17 bits per heavy atom. The summed E-state index contributed by atoms with van der Waals surface area (Å²) in [5.74, 6) is -0.00673. The summed E-state index contributed by atoms with van der Waals surface area (Å²) in [5.41, 5.74) is 2.16. The number of aromatic nitrogens is 3. The number of thiophene rings is 1. The van der Waals surface area contributed by atoms with Crippen molar-refractivity contribution in [2.45, 2.75) is 30.8 Å². The van der Waals surface area contributed by atoms with Crippen LogP contribution < -0.4 is 5.32 Å². The van der Waals surface area contributed by atoms with Crippen molar-refractivity contribution in [3.05, 3.63) is 58.5 Å². The Bertz CT molecular complexity index is 814. The molecular weight excluding hydrogens is 340 g/mol. The van der Waals surface area contributed by atoms with Crippen molar-refractivity contribution in [3.8, 4) is 5.69 Å². The highest BCUT2D eigenvalue weighted by Crippen LogP contribution is 2.25. The van der Waals surface area contributed by atoms with Gasteiger partial charge in [-0.2, -0.15) is 0 Å². The van der Waals surface area contributed by atoms with E-state index in [-0.39, 0.29) is 11.2 Å². The highest BCUT2D eigenvalue weighted by atomic mass is 32.2. The Balaban J connectivity index is 1.67. The molecule has 0 saturated heterocycles. The second-order valence-electron chi connectivity index (χ2n) is 5.33. The van der Waals surface area contributed by atoms with Gasteiger partial charge in [0, 0.05) is 4.88 Å². The van der Waals surface area contributed by atoms with Crippen LogP contribution in [0.3, 0.4) is 0 Å². The van der Waals surface area contributed by atoms with Gasteiger partial charge < -0.3 is 5.32 Å². The quantitative estimate of drug-likeness (QED) is 0.686. The lowest BCUT2D eigenvalue weighted by Crippen LogP contribution is -2.30. The van der Waals surface area contributed by atoms with Gasteiger partial charge in [0.2, 0.25) is 5.91 Å². The summed E-state index contributed by atoms with van der Waals surface area (Å²) in [6.45, 7) is 4.48. The van der Waals surface area contributed by atoms with Gasteiger partial charge in [-0.05, 0) is 36.9 Å². The standard InChI is InChI=1S/C17H18N4OS2/c1-12-6-3-4-8-15(12)21-11-19-20-17(21)24-13(2)16(22)18-10-14-7-5-9-23-14/h3-9,11,13H,10H2,1-2H3,(H,18,22). The molecule has 7 heteroatoms. The predicted molar refractivity (Wildman–Crippen MR) is 97.6 cm³/mol. The number of carbonyl (C=O) groups is 1. The first-order valence-corrected chi connectivity index (χ1v) is 9.34. The molecule has 3 rings (SSSR count). The highest BCUT2D eigenvalue weighted by Gasteiger charge is 2.18. The minimum atomic E-state index is -0.253. The van der Waals surface area contributed by atoms with E-state index >= 15 is 0 Å². The molecule has 1 atom stereocenters. The van der Waals surface area contributed by atoms with Gasteiger partial charge in [0.05, 0.1) is 17.5 Å². The molecule has 0 aliphatic rings. The number of para-hydroxylation sites is 1. The second-order valence-corrected chi connectivity index (χ2v) is 7.67. The van der Waals surface area contributed by atoms with Crippen LogP contribution in [0.4, 0.5) is 0 Å². The van der Waals surface area contributed by atoms with Crippen molar-refractivity contribution >= 4 is 29.0 Å². The summed E-state index contributed by atoms with van der Waals surface area (Å²) in [7, 11) is 0. The molecule has 0 bridgehead atoms. The summed E-state index contributed by atoms with van der Waals surface area (Å²) in [4.78, 5) is 13.4. The lowest BCUT2D eigenvalue weighted by molar-refractivity contribution is -0.120. The number of amides is 1. The molecule has 0 fully saturated rings. The van der Waals surface area contributed by atoms with Gasteiger partial charge in [-0.3, -0.25) is 9.36 Å². The molecular formula is C17H18N4OS2. The smallest absolute Gasteiger partial charge is 0.233 e. The van der Waals surface area contributed by atoms with Gasteiger partial charge in [-0.15, -0.1) is 21.5 Å². The van der Waals surface area contributed by atoms with Crippen LogP contribution in [0.2, 0.25) is 0 Å². The van der Waals surface area contributed by atoms with E-state index < -0.39 is 0 Å². The van der Waals surface area contributed by atoms with Gasteiger partial charge >= 0.3 is 0 Å². The fraction of sp³-hybridized carbons (Fsp3) is 0.235. The van der Waals surface area contributed by atoms with Crippen LogP contribution in [-0.2, 0) is 11.3 Å². The number of benzene rings is 1. The van der Waals surface area contributed by atoms with Crippen molar-refractivity contribution in [2.24, 2.45) is 0 Å². The molecule has 0 spiro atoms. The van der Waals surface area contributed by atoms with Gasteiger partial charge in [0.15, 0.2) is 5.16 Å². The number of nitrogens with zero attached hydrogens (tertiary/aromatic N) is 3. The summed E-state index contributed by atoms with van der Waals surface area (Å²) >= 11 is 3.04. The fourth-order valence-electron chi connectivity index (χ4n) is 2.25. The largest absolute Gasteiger partial charge is 0.350 e. The zero-order chi connectivity index (χ0) is 16.9. The molecule has 1 unspecified atom stereocenters. The fourth-order valence-corrected chi connectivity index (χ4v) is 3.75. The van der Waals surface area contributed by atoms with Crippen molar-refractivity contribution in [2.75, 3.05) is 0 Å². The Labute approximate surface area is 149 Å². The molecule has 3 aromatic rings. The van der Waals surface area contributed by atoms with Crippen LogP contribution in [-0.4, -0.2) is 25.9 Å². The third-order valence-corrected chi connectivity index (χ3v) is 5.49. The van der Waals surface area contributed by atoms with E-state index in [0.717, 1.165) is 16.1 Å².